The van der Waals surface area contributed by atoms with Crippen molar-refractivity contribution < 1.29 is 9.53 Å². The number of amides is 1. The molecular formula is C15H14BrClN2O2. The van der Waals surface area contributed by atoms with Crippen LogP contribution in [0.25, 0.3) is 0 Å². The highest BCUT2D eigenvalue weighted by atomic mass is 79.9. The SMILES string of the molecule is COc1cc(Br)cc(C)c1NC(=O)c1cccc(Cl)c1N. The van der Waals surface area contributed by atoms with E-state index < -0.39 is 0 Å². The second-order valence-corrected chi connectivity index (χ2v) is 5.78. The van der Waals surface area contributed by atoms with Gasteiger partial charge >= 0.3 is 0 Å². The summed E-state index contributed by atoms with van der Waals surface area (Å²) in [6, 6.07) is 8.61. The van der Waals surface area contributed by atoms with E-state index in [9.17, 15) is 4.79 Å². The summed E-state index contributed by atoms with van der Waals surface area (Å²) in [6.07, 6.45) is 0. The van der Waals surface area contributed by atoms with Crippen molar-refractivity contribution >= 4 is 44.8 Å². The van der Waals surface area contributed by atoms with Gasteiger partial charge in [-0.3, -0.25) is 4.79 Å². The number of benzene rings is 2. The Labute approximate surface area is 136 Å². The zero-order valence-electron chi connectivity index (χ0n) is 11.5. The number of methoxy groups -OCH3 is 1. The first-order chi connectivity index (χ1) is 9.93. The van der Waals surface area contributed by atoms with Crippen LogP contribution in [-0.4, -0.2) is 13.0 Å². The van der Waals surface area contributed by atoms with E-state index in [1.807, 2.05) is 13.0 Å². The van der Waals surface area contributed by atoms with E-state index in [0.29, 0.717) is 22.0 Å². The molecule has 0 fully saturated rings. The number of nitrogens with one attached hydrogen (secondary N) is 1. The van der Waals surface area contributed by atoms with Crippen LogP contribution in [0.15, 0.2) is 34.8 Å². The summed E-state index contributed by atoms with van der Waals surface area (Å²) < 4.78 is 6.17. The molecule has 2 rings (SSSR count). The topological polar surface area (TPSA) is 64.3 Å². The number of carbonyl (C=O) groups excluding carboxylic acids is 1. The number of halogens is 2. The van der Waals surface area contributed by atoms with Crippen molar-refractivity contribution in [2.75, 3.05) is 18.2 Å². The van der Waals surface area contributed by atoms with E-state index in [0.717, 1.165) is 10.0 Å². The maximum atomic E-state index is 12.4. The zero-order chi connectivity index (χ0) is 15.6. The van der Waals surface area contributed by atoms with E-state index in [4.69, 9.17) is 22.1 Å². The molecule has 0 radical (unpaired) electrons. The third kappa shape index (κ3) is 3.31. The minimum atomic E-state index is -0.335. The van der Waals surface area contributed by atoms with Crippen molar-refractivity contribution in [2.45, 2.75) is 6.92 Å². The molecule has 4 nitrogen and oxygen atoms in total. The number of carbonyl (C=O) groups is 1. The number of aryl methyl sites for hydroxylation is 1. The molecule has 0 saturated heterocycles. The fraction of sp³-hybridized carbons (Fsp3) is 0.133. The Morgan fingerprint density at radius 2 is 2.10 bits per heavy atom. The maximum Gasteiger partial charge on any atom is 0.257 e. The lowest BCUT2D eigenvalue weighted by molar-refractivity contribution is 0.102. The van der Waals surface area contributed by atoms with Crippen LogP contribution in [0.2, 0.25) is 5.02 Å². The van der Waals surface area contributed by atoms with Gasteiger partial charge in [0.25, 0.3) is 5.91 Å². The molecule has 0 aliphatic heterocycles. The predicted octanol–water partition coefficient (Wildman–Crippen LogP) is 4.25. The fourth-order valence-electron chi connectivity index (χ4n) is 1.95. The lowest BCUT2D eigenvalue weighted by Gasteiger charge is -2.14. The molecule has 0 saturated carbocycles. The average molecular weight is 370 g/mol. The number of ether oxygens (including phenoxy) is 1. The second-order valence-electron chi connectivity index (χ2n) is 4.46. The molecule has 0 unspecified atom stereocenters. The van der Waals surface area contributed by atoms with Gasteiger partial charge in [-0.15, -0.1) is 0 Å². The molecule has 0 spiro atoms. The lowest BCUT2D eigenvalue weighted by atomic mass is 10.1. The Hall–Kier alpha value is -1.72. The number of hydrogen-bond donors (Lipinski definition) is 2. The molecule has 0 aliphatic carbocycles. The van der Waals surface area contributed by atoms with Gasteiger partial charge in [-0.25, -0.2) is 0 Å². The monoisotopic (exact) mass is 368 g/mol. The molecule has 0 atom stereocenters. The number of nitrogens with two attached hydrogens (primary N) is 1. The van der Waals surface area contributed by atoms with Crippen molar-refractivity contribution in [2.24, 2.45) is 0 Å². The molecule has 2 aromatic carbocycles. The summed E-state index contributed by atoms with van der Waals surface area (Å²) in [4.78, 5) is 12.4. The number of nitrogen functional groups attached to an aromatic ring is 1. The number of para-hydroxylation sites is 1. The molecule has 0 bridgehead atoms. The van der Waals surface area contributed by atoms with E-state index >= 15 is 0 Å². The van der Waals surface area contributed by atoms with Crippen LogP contribution in [0.3, 0.4) is 0 Å². The van der Waals surface area contributed by atoms with Crippen LogP contribution >= 0.6 is 27.5 Å². The van der Waals surface area contributed by atoms with E-state index in [-0.39, 0.29) is 11.6 Å². The Bertz CT molecular complexity index is 704. The summed E-state index contributed by atoms with van der Waals surface area (Å²) in [7, 11) is 1.55. The van der Waals surface area contributed by atoms with Gasteiger partial charge in [0.2, 0.25) is 0 Å². The third-order valence-corrected chi connectivity index (χ3v) is 3.81. The average Bonchev–Trinajstić information content (AvgIpc) is 2.44. The van der Waals surface area contributed by atoms with Crippen LogP contribution < -0.4 is 15.8 Å². The summed E-state index contributed by atoms with van der Waals surface area (Å²) in [5, 5.41) is 3.17. The zero-order valence-corrected chi connectivity index (χ0v) is 13.9. The standard InChI is InChI=1S/C15H14BrClN2O2/c1-8-6-9(16)7-12(21-2)14(8)19-15(20)10-4-3-5-11(17)13(10)18/h3-7H,18H2,1-2H3,(H,19,20). The number of anilines is 2. The summed E-state index contributed by atoms with van der Waals surface area (Å²) in [5.74, 6) is 0.231. The van der Waals surface area contributed by atoms with Crippen LogP contribution in [0, 0.1) is 6.92 Å². The van der Waals surface area contributed by atoms with Crippen LogP contribution in [0.5, 0.6) is 5.75 Å². The maximum absolute atomic E-state index is 12.4. The van der Waals surface area contributed by atoms with Gasteiger partial charge in [0.1, 0.15) is 5.75 Å². The molecule has 2 aromatic rings. The minimum absolute atomic E-state index is 0.255. The molecule has 0 heterocycles. The van der Waals surface area contributed by atoms with E-state index in [2.05, 4.69) is 21.2 Å². The highest BCUT2D eigenvalue weighted by Gasteiger charge is 2.16. The first-order valence-corrected chi connectivity index (χ1v) is 7.30. The molecule has 1 amide bonds. The first kappa shape index (κ1) is 15.7. The van der Waals surface area contributed by atoms with Crippen LogP contribution in [0.4, 0.5) is 11.4 Å². The Morgan fingerprint density at radius 3 is 2.76 bits per heavy atom. The highest BCUT2D eigenvalue weighted by Crippen LogP contribution is 2.33. The van der Waals surface area contributed by atoms with Crippen LogP contribution in [-0.2, 0) is 0 Å². The molecule has 6 heteroatoms. The molecule has 3 N–H and O–H groups in total. The van der Waals surface area contributed by atoms with E-state index in [1.165, 1.54) is 0 Å². The molecule has 110 valence electrons. The molecule has 21 heavy (non-hydrogen) atoms. The normalized spacial score (nSPS) is 10.3. The van der Waals surface area contributed by atoms with Gasteiger partial charge in [0.05, 0.1) is 29.1 Å². The Kier molecular flexibility index (Phi) is 4.75. The van der Waals surface area contributed by atoms with Crippen molar-refractivity contribution in [3.63, 3.8) is 0 Å². The number of rotatable bonds is 3. The first-order valence-electron chi connectivity index (χ1n) is 6.13. The second kappa shape index (κ2) is 6.37. The van der Waals surface area contributed by atoms with Gasteiger partial charge in [0.15, 0.2) is 0 Å². The van der Waals surface area contributed by atoms with Crippen molar-refractivity contribution in [3.05, 3.63) is 51.0 Å². The van der Waals surface area contributed by atoms with Crippen molar-refractivity contribution in [1.29, 1.82) is 0 Å². The van der Waals surface area contributed by atoms with Gasteiger partial charge in [0, 0.05) is 4.47 Å². The molecular weight excluding hydrogens is 356 g/mol. The van der Waals surface area contributed by atoms with Crippen molar-refractivity contribution in [3.8, 4) is 5.75 Å². The Balaban J connectivity index is 2.38. The highest BCUT2D eigenvalue weighted by molar-refractivity contribution is 9.10. The minimum Gasteiger partial charge on any atom is -0.495 e. The smallest absolute Gasteiger partial charge is 0.257 e. The van der Waals surface area contributed by atoms with Crippen LogP contribution in [0.1, 0.15) is 15.9 Å². The molecule has 0 aromatic heterocycles. The summed E-state index contributed by atoms with van der Waals surface area (Å²) >= 11 is 9.33. The predicted molar refractivity (Wildman–Crippen MR) is 89.2 cm³/mol. The fourth-order valence-corrected chi connectivity index (χ4v) is 2.68. The van der Waals surface area contributed by atoms with Gasteiger partial charge in [-0.05, 0) is 36.8 Å². The summed E-state index contributed by atoms with van der Waals surface area (Å²) in [5.41, 5.74) is 7.89. The summed E-state index contributed by atoms with van der Waals surface area (Å²) in [6.45, 7) is 1.88. The lowest BCUT2D eigenvalue weighted by Crippen LogP contribution is -2.15. The Morgan fingerprint density at radius 1 is 1.38 bits per heavy atom. The largest absolute Gasteiger partial charge is 0.495 e. The van der Waals surface area contributed by atoms with Gasteiger partial charge < -0.3 is 15.8 Å². The third-order valence-electron chi connectivity index (χ3n) is 3.02. The molecule has 0 aliphatic rings. The van der Waals surface area contributed by atoms with Gasteiger partial charge in [-0.1, -0.05) is 33.6 Å². The quantitative estimate of drug-likeness (QED) is 0.795. The van der Waals surface area contributed by atoms with E-state index in [1.54, 1.807) is 31.4 Å². The number of hydrogen-bond acceptors (Lipinski definition) is 3. The van der Waals surface area contributed by atoms with Crippen molar-refractivity contribution in [1.82, 2.24) is 0 Å². The van der Waals surface area contributed by atoms with Gasteiger partial charge in [-0.2, -0.15) is 0 Å².